The summed E-state index contributed by atoms with van der Waals surface area (Å²) in [6.07, 6.45) is 1.17. The second-order valence-corrected chi connectivity index (χ2v) is 7.27. The van der Waals surface area contributed by atoms with Crippen LogP contribution in [-0.2, 0) is 35.0 Å². The maximum atomic E-state index is 12.9. The van der Waals surface area contributed by atoms with Crippen molar-refractivity contribution < 1.29 is 28.6 Å². The predicted molar refractivity (Wildman–Crippen MR) is 111 cm³/mol. The van der Waals surface area contributed by atoms with Crippen LogP contribution in [0.5, 0.6) is 0 Å². The number of nitrogens with one attached hydrogen (secondary N) is 1. The first-order chi connectivity index (χ1) is 14.3. The van der Waals surface area contributed by atoms with Crippen molar-refractivity contribution in [3.05, 3.63) is 57.4 Å². The van der Waals surface area contributed by atoms with Gasteiger partial charge in [-0.05, 0) is 38.3 Å². The summed E-state index contributed by atoms with van der Waals surface area (Å²) in [7, 11) is 1.28. The average Bonchev–Trinajstić information content (AvgIpc) is 2.69. The van der Waals surface area contributed by atoms with Gasteiger partial charge in [0, 0.05) is 28.8 Å². The zero-order chi connectivity index (χ0) is 22.3. The van der Waals surface area contributed by atoms with Crippen molar-refractivity contribution in [2.75, 3.05) is 13.9 Å². The number of benzene rings is 1. The summed E-state index contributed by atoms with van der Waals surface area (Å²) in [6.45, 7) is 4.81. The van der Waals surface area contributed by atoms with Crippen LogP contribution in [-0.4, -0.2) is 31.8 Å². The first-order valence-corrected chi connectivity index (χ1v) is 10.0. The third-order valence-corrected chi connectivity index (χ3v) is 5.12. The lowest BCUT2D eigenvalue weighted by atomic mass is 9.81. The van der Waals surface area contributed by atoms with Gasteiger partial charge in [0.1, 0.15) is 0 Å². The van der Waals surface area contributed by atoms with E-state index in [9.17, 15) is 14.4 Å². The molecule has 8 heteroatoms. The molecule has 1 aromatic carbocycles. The van der Waals surface area contributed by atoms with Gasteiger partial charge in [0.2, 0.25) is 6.79 Å². The summed E-state index contributed by atoms with van der Waals surface area (Å²) >= 11 is 6.32. The molecule has 0 saturated carbocycles. The number of carbonyl (C=O) groups excluding carboxylic acids is 3. The number of dihydropyridines is 1. The molecule has 1 aliphatic rings. The van der Waals surface area contributed by atoms with E-state index in [2.05, 4.69) is 5.32 Å². The fourth-order valence-corrected chi connectivity index (χ4v) is 3.59. The van der Waals surface area contributed by atoms with Crippen molar-refractivity contribution in [1.29, 1.82) is 0 Å². The summed E-state index contributed by atoms with van der Waals surface area (Å²) in [6, 6.07) is 7.21. The van der Waals surface area contributed by atoms with Crippen LogP contribution >= 0.6 is 11.6 Å². The lowest BCUT2D eigenvalue weighted by Crippen LogP contribution is -2.34. The maximum absolute atomic E-state index is 12.9. The van der Waals surface area contributed by atoms with Gasteiger partial charge in [-0.15, -0.1) is 0 Å². The molecule has 0 radical (unpaired) electrons. The van der Waals surface area contributed by atoms with E-state index in [-0.39, 0.29) is 12.0 Å². The Hall–Kier alpha value is -2.80. The molecule has 7 nitrogen and oxygen atoms in total. The topological polar surface area (TPSA) is 90.9 Å². The minimum Gasteiger partial charge on any atom is -0.466 e. The van der Waals surface area contributed by atoms with Crippen LogP contribution in [0, 0.1) is 5.92 Å². The number of halogens is 1. The number of methoxy groups -OCH3 is 1. The average molecular weight is 436 g/mol. The first-order valence-electron chi connectivity index (χ1n) is 9.63. The van der Waals surface area contributed by atoms with Crippen molar-refractivity contribution >= 4 is 29.5 Å². The molecule has 0 amide bonds. The van der Waals surface area contributed by atoms with E-state index < -0.39 is 30.6 Å². The van der Waals surface area contributed by atoms with Crippen LogP contribution < -0.4 is 5.32 Å². The third-order valence-electron chi connectivity index (χ3n) is 4.75. The second-order valence-electron chi connectivity index (χ2n) is 6.86. The van der Waals surface area contributed by atoms with Crippen LogP contribution in [0.3, 0.4) is 0 Å². The van der Waals surface area contributed by atoms with Gasteiger partial charge in [0.05, 0.1) is 18.3 Å². The van der Waals surface area contributed by atoms with Gasteiger partial charge in [0.15, 0.2) is 0 Å². The van der Waals surface area contributed by atoms with E-state index in [0.717, 1.165) is 5.56 Å². The minimum atomic E-state index is -0.685. The lowest BCUT2D eigenvalue weighted by molar-refractivity contribution is -0.164. The molecular formula is C22H26ClNO6. The van der Waals surface area contributed by atoms with Gasteiger partial charge in [-0.2, -0.15) is 0 Å². The molecule has 162 valence electrons. The molecule has 1 aliphatic heterocycles. The Labute approximate surface area is 181 Å². The minimum absolute atomic E-state index is 0.240. The van der Waals surface area contributed by atoms with E-state index in [4.69, 9.17) is 25.8 Å². The van der Waals surface area contributed by atoms with Gasteiger partial charge in [-0.25, -0.2) is 9.59 Å². The van der Waals surface area contributed by atoms with E-state index in [1.807, 2.05) is 19.1 Å². The number of rotatable bonds is 8. The number of allylic oxidation sites excluding steroid dienone is 2. The van der Waals surface area contributed by atoms with Crippen molar-refractivity contribution in [2.45, 2.75) is 40.0 Å². The third kappa shape index (κ3) is 5.63. The zero-order valence-corrected chi connectivity index (χ0v) is 18.3. The molecule has 0 fully saturated rings. The Bertz CT molecular complexity index is 889. The lowest BCUT2D eigenvalue weighted by Gasteiger charge is -2.30. The molecule has 0 aromatic heterocycles. The number of carbonyl (C=O) groups is 3. The fraction of sp³-hybridized carbons (Fsp3) is 0.409. The molecule has 0 spiro atoms. The summed E-state index contributed by atoms with van der Waals surface area (Å²) in [4.78, 5) is 36.9. The monoisotopic (exact) mass is 435 g/mol. The van der Waals surface area contributed by atoms with Gasteiger partial charge in [0.25, 0.3) is 0 Å². The molecular weight excluding hydrogens is 410 g/mol. The van der Waals surface area contributed by atoms with Gasteiger partial charge in [-0.1, -0.05) is 36.7 Å². The number of hydrogen-bond donors (Lipinski definition) is 1. The Morgan fingerprint density at radius 3 is 2.27 bits per heavy atom. The molecule has 1 N–H and O–H groups in total. The van der Waals surface area contributed by atoms with Crippen molar-refractivity contribution in [3.8, 4) is 0 Å². The standard InChI is InChI=1S/C22H26ClNO6/c1-5-8-18(25)29-12-30-22(27)20-14(3)24-13(2)19(21(26)28-4)16(20)11-15-9-6-7-10-17(15)23/h6-7,9-10,16,24H,5,8,11-12H2,1-4H3/t16-/m1/s1. The van der Waals surface area contributed by atoms with Gasteiger partial charge >= 0.3 is 17.9 Å². The molecule has 30 heavy (non-hydrogen) atoms. The van der Waals surface area contributed by atoms with Gasteiger partial charge < -0.3 is 19.5 Å². The number of hydrogen-bond acceptors (Lipinski definition) is 7. The summed E-state index contributed by atoms with van der Waals surface area (Å²) in [5.41, 5.74) is 2.47. The highest BCUT2D eigenvalue weighted by atomic mass is 35.5. The number of ether oxygens (including phenoxy) is 3. The van der Waals surface area contributed by atoms with E-state index in [0.29, 0.717) is 34.8 Å². The Morgan fingerprint density at radius 1 is 1.03 bits per heavy atom. The van der Waals surface area contributed by atoms with Crippen LogP contribution in [0.1, 0.15) is 39.2 Å². The highest BCUT2D eigenvalue weighted by Crippen LogP contribution is 2.35. The molecule has 1 atom stereocenters. The summed E-state index contributed by atoms with van der Waals surface area (Å²) in [5.74, 6) is -2.33. The molecule has 0 unspecified atom stereocenters. The molecule has 0 saturated heterocycles. The first kappa shape index (κ1) is 23.5. The molecule has 1 heterocycles. The van der Waals surface area contributed by atoms with E-state index in [1.54, 1.807) is 26.0 Å². The van der Waals surface area contributed by atoms with Crippen molar-refractivity contribution in [2.24, 2.45) is 5.92 Å². The Balaban J connectivity index is 2.33. The Kier molecular flexibility index (Phi) is 8.47. The van der Waals surface area contributed by atoms with Crippen LogP contribution in [0.4, 0.5) is 0 Å². The van der Waals surface area contributed by atoms with Crippen LogP contribution in [0.25, 0.3) is 0 Å². The molecule has 1 aromatic rings. The number of esters is 3. The van der Waals surface area contributed by atoms with Crippen molar-refractivity contribution in [3.63, 3.8) is 0 Å². The molecule has 0 aliphatic carbocycles. The SMILES string of the molecule is CCCC(=O)OCOC(=O)C1=C(C)NC(C)=C(C(=O)OC)[C@H]1Cc1ccccc1Cl. The summed E-state index contributed by atoms with van der Waals surface area (Å²) < 4.78 is 15.0. The second kappa shape index (κ2) is 10.8. The highest BCUT2D eigenvalue weighted by molar-refractivity contribution is 6.31. The zero-order valence-electron chi connectivity index (χ0n) is 17.5. The molecule has 0 bridgehead atoms. The molecule has 2 rings (SSSR count). The smallest absolute Gasteiger partial charge is 0.339 e. The predicted octanol–water partition coefficient (Wildman–Crippen LogP) is 3.67. The highest BCUT2D eigenvalue weighted by Gasteiger charge is 2.37. The van der Waals surface area contributed by atoms with Crippen LogP contribution in [0.15, 0.2) is 46.8 Å². The van der Waals surface area contributed by atoms with E-state index in [1.165, 1.54) is 7.11 Å². The maximum Gasteiger partial charge on any atom is 0.339 e. The van der Waals surface area contributed by atoms with E-state index >= 15 is 0 Å². The van der Waals surface area contributed by atoms with Crippen molar-refractivity contribution in [1.82, 2.24) is 5.32 Å². The fourth-order valence-electron chi connectivity index (χ4n) is 3.37. The largest absolute Gasteiger partial charge is 0.466 e. The van der Waals surface area contributed by atoms with Crippen LogP contribution in [0.2, 0.25) is 5.02 Å². The Morgan fingerprint density at radius 2 is 1.67 bits per heavy atom. The quantitative estimate of drug-likeness (QED) is 0.492. The summed E-state index contributed by atoms with van der Waals surface area (Å²) in [5, 5.41) is 3.57. The normalized spacial score (nSPS) is 16.1. The van der Waals surface area contributed by atoms with Gasteiger partial charge in [-0.3, -0.25) is 4.79 Å².